The van der Waals surface area contributed by atoms with Crippen molar-refractivity contribution in [3.8, 4) is 23.6 Å². The molecule has 12 nitrogen and oxygen atoms in total. The number of nitrogens with two attached hydrogens (primary N) is 1. The van der Waals surface area contributed by atoms with Crippen LogP contribution in [-0.2, 0) is 14.8 Å². The van der Waals surface area contributed by atoms with E-state index in [1.807, 2.05) is 6.07 Å². The molecule has 3 N–H and O–H groups in total. The number of carbonyl (C=O) groups is 1. The monoisotopic (exact) mass is 458 g/mol. The number of nitrogens with zero attached hydrogens (tertiary/aromatic N) is 4. The number of nitriles is 1. The van der Waals surface area contributed by atoms with Crippen molar-refractivity contribution < 1.29 is 27.4 Å². The Balaban J connectivity index is 1.96. The van der Waals surface area contributed by atoms with Gasteiger partial charge in [-0.15, -0.1) is 0 Å². The van der Waals surface area contributed by atoms with Gasteiger partial charge in [0, 0.05) is 18.0 Å². The van der Waals surface area contributed by atoms with E-state index < -0.39 is 16.0 Å². The molecular formula is C19H18N6O6S. The number of rotatable bonds is 7. The van der Waals surface area contributed by atoms with E-state index in [-0.39, 0.29) is 39.5 Å². The zero-order chi connectivity index (χ0) is 23.5. The lowest BCUT2D eigenvalue weighted by molar-refractivity contribution is 0.0593. The highest BCUT2D eigenvalue weighted by atomic mass is 32.2. The maximum Gasteiger partial charge on any atom is 0.357 e. The number of esters is 1. The van der Waals surface area contributed by atoms with Crippen molar-refractivity contribution in [2.24, 2.45) is 0 Å². The third-order valence-corrected chi connectivity index (χ3v) is 5.65. The van der Waals surface area contributed by atoms with Crippen LogP contribution in [0, 0.1) is 11.3 Å². The molecule has 2 aromatic heterocycles. The van der Waals surface area contributed by atoms with Gasteiger partial charge in [0.15, 0.2) is 11.5 Å². The Morgan fingerprint density at radius 3 is 2.41 bits per heavy atom. The topological polar surface area (TPSA) is 171 Å². The minimum atomic E-state index is -4.03. The number of hydrogen-bond acceptors (Lipinski definition) is 10. The lowest BCUT2D eigenvalue weighted by atomic mass is 10.2. The molecule has 13 heteroatoms. The van der Waals surface area contributed by atoms with Crippen molar-refractivity contribution in [3.63, 3.8) is 0 Å². The van der Waals surface area contributed by atoms with Gasteiger partial charge in [0.1, 0.15) is 6.07 Å². The Labute approximate surface area is 183 Å². The molecule has 0 spiro atoms. The Morgan fingerprint density at radius 2 is 1.84 bits per heavy atom. The van der Waals surface area contributed by atoms with Crippen molar-refractivity contribution in [2.45, 2.75) is 4.90 Å². The summed E-state index contributed by atoms with van der Waals surface area (Å²) in [6.07, 6.45) is 1.36. The molecule has 0 fully saturated rings. The number of carbonyl (C=O) groups excluding carboxylic acids is 1. The highest BCUT2D eigenvalue weighted by Crippen LogP contribution is 2.26. The summed E-state index contributed by atoms with van der Waals surface area (Å²) >= 11 is 0. The van der Waals surface area contributed by atoms with Crippen LogP contribution in [0.3, 0.4) is 0 Å². The van der Waals surface area contributed by atoms with Gasteiger partial charge in [-0.2, -0.15) is 15.2 Å². The SMILES string of the molecule is COC(=O)c1c(N)c(C#N)cn1-c1ccc(S(=O)(=O)Nc2cc(OC)nc(OC)n2)cc1. The zero-order valence-corrected chi connectivity index (χ0v) is 18.0. The van der Waals surface area contributed by atoms with Crippen LogP contribution in [0.5, 0.6) is 11.9 Å². The van der Waals surface area contributed by atoms with Crippen molar-refractivity contribution in [1.82, 2.24) is 14.5 Å². The standard InChI is InChI=1S/C19H18N6O6S/c1-29-15-8-14(22-19(23-15)31-3)24-32(27,28)13-6-4-12(5-7-13)25-10-11(9-20)16(21)17(25)18(26)30-2/h4-8,10H,21H2,1-3H3,(H,22,23,24). The van der Waals surface area contributed by atoms with Gasteiger partial charge in [0.25, 0.3) is 10.0 Å². The molecule has 166 valence electrons. The van der Waals surface area contributed by atoms with Gasteiger partial charge in [-0.1, -0.05) is 0 Å². The predicted molar refractivity (Wildman–Crippen MR) is 112 cm³/mol. The highest BCUT2D eigenvalue weighted by Gasteiger charge is 2.22. The number of nitrogen functional groups attached to an aromatic ring is 1. The van der Waals surface area contributed by atoms with Gasteiger partial charge in [-0.05, 0) is 24.3 Å². The van der Waals surface area contributed by atoms with Gasteiger partial charge < -0.3 is 24.5 Å². The first-order valence-electron chi connectivity index (χ1n) is 8.83. The molecule has 0 unspecified atom stereocenters. The average Bonchev–Trinajstić information content (AvgIpc) is 3.14. The molecule has 0 aliphatic carbocycles. The number of benzene rings is 1. The van der Waals surface area contributed by atoms with Crippen LogP contribution in [0.25, 0.3) is 5.69 Å². The van der Waals surface area contributed by atoms with E-state index in [0.29, 0.717) is 5.69 Å². The third kappa shape index (κ3) is 4.25. The van der Waals surface area contributed by atoms with Crippen molar-refractivity contribution in [3.05, 3.63) is 47.8 Å². The molecule has 0 radical (unpaired) electrons. The Bertz CT molecular complexity index is 1290. The highest BCUT2D eigenvalue weighted by molar-refractivity contribution is 7.92. The second-order valence-corrected chi connectivity index (χ2v) is 7.84. The first-order valence-corrected chi connectivity index (χ1v) is 10.3. The van der Waals surface area contributed by atoms with Gasteiger partial charge >= 0.3 is 12.0 Å². The molecule has 0 bridgehead atoms. The van der Waals surface area contributed by atoms with Gasteiger partial charge in [-0.3, -0.25) is 4.72 Å². The number of sulfonamides is 1. The number of hydrogen-bond donors (Lipinski definition) is 2. The summed E-state index contributed by atoms with van der Waals surface area (Å²) in [6, 6.07) is 8.64. The second-order valence-electron chi connectivity index (χ2n) is 6.16. The van der Waals surface area contributed by atoms with E-state index >= 15 is 0 Å². The number of ether oxygens (including phenoxy) is 3. The van der Waals surface area contributed by atoms with Crippen LogP contribution in [0.15, 0.2) is 41.4 Å². The molecule has 32 heavy (non-hydrogen) atoms. The molecule has 2 heterocycles. The predicted octanol–water partition coefficient (Wildman–Crippen LogP) is 1.33. The summed E-state index contributed by atoms with van der Waals surface area (Å²) in [5, 5.41) is 9.21. The van der Waals surface area contributed by atoms with Gasteiger partial charge in [-0.25, -0.2) is 13.2 Å². The minimum absolute atomic E-state index is 0.0376. The fourth-order valence-corrected chi connectivity index (χ4v) is 3.74. The smallest absolute Gasteiger partial charge is 0.357 e. The largest absolute Gasteiger partial charge is 0.481 e. The van der Waals surface area contributed by atoms with E-state index in [2.05, 4.69) is 14.7 Å². The fraction of sp³-hybridized carbons (Fsp3) is 0.158. The van der Waals surface area contributed by atoms with E-state index in [0.717, 1.165) is 0 Å². The number of aromatic nitrogens is 3. The van der Waals surface area contributed by atoms with Gasteiger partial charge in [0.2, 0.25) is 5.88 Å². The molecular weight excluding hydrogens is 440 g/mol. The van der Waals surface area contributed by atoms with E-state index in [1.54, 1.807) is 0 Å². The Hall–Kier alpha value is -4.31. The molecule has 1 aromatic carbocycles. The lowest BCUT2D eigenvalue weighted by Gasteiger charge is -2.11. The molecule has 0 aliphatic heterocycles. The van der Waals surface area contributed by atoms with Crippen LogP contribution in [0.2, 0.25) is 0 Å². The van der Waals surface area contributed by atoms with Crippen LogP contribution in [-0.4, -0.2) is 50.3 Å². The number of methoxy groups -OCH3 is 3. The quantitative estimate of drug-likeness (QED) is 0.492. The molecule has 0 aliphatic rings. The number of anilines is 2. The van der Waals surface area contributed by atoms with Crippen LogP contribution < -0.4 is 19.9 Å². The molecule has 0 saturated carbocycles. The van der Waals surface area contributed by atoms with Gasteiger partial charge in [0.05, 0.1) is 37.5 Å². The summed E-state index contributed by atoms with van der Waals surface area (Å²) in [7, 11) is -0.145. The summed E-state index contributed by atoms with van der Waals surface area (Å²) in [5.41, 5.74) is 6.27. The average molecular weight is 458 g/mol. The minimum Gasteiger partial charge on any atom is -0.481 e. The lowest BCUT2D eigenvalue weighted by Crippen LogP contribution is -2.15. The molecule has 0 saturated heterocycles. The fourth-order valence-electron chi connectivity index (χ4n) is 2.75. The maximum absolute atomic E-state index is 12.8. The van der Waals surface area contributed by atoms with Crippen LogP contribution in [0.1, 0.15) is 16.1 Å². The van der Waals surface area contributed by atoms with Crippen LogP contribution in [0.4, 0.5) is 11.5 Å². The third-order valence-electron chi connectivity index (χ3n) is 4.28. The first-order chi connectivity index (χ1) is 15.2. The van der Waals surface area contributed by atoms with E-state index in [9.17, 15) is 18.5 Å². The Morgan fingerprint density at radius 1 is 1.16 bits per heavy atom. The van der Waals surface area contributed by atoms with E-state index in [4.69, 9.17) is 19.9 Å². The normalized spacial score (nSPS) is 10.8. The Kier molecular flexibility index (Phi) is 6.17. The summed E-state index contributed by atoms with van der Waals surface area (Å²) < 4.78 is 43.9. The second kappa shape index (κ2) is 8.82. The summed E-state index contributed by atoms with van der Waals surface area (Å²) in [6.45, 7) is 0. The summed E-state index contributed by atoms with van der Waals surface area (Å²) in [4.78, 5) is 19.9. The summed E-state index contributed by atoms with van der Waals surface area (Å²) in [5.74, 6) is -0.685. The molecule has 0 atom stereocenters. The maximum atomic E-state index is 12.8. The van der Waals surface area contributed by atoms with Crippen LogP contribution >= 0.6 is 0 Å². The number of nitrogens with one attached hydrogen (secondary N) is 1. The van der Waals surface area contributed by atoms with Crippen molar-refractivity contribution in [1.29, 1.82) is 5.26 Å². The molecule has 3 aromatic rings. The first kappa shape index (κ1) is 22.4. The van der Waals surface area contributed by atoms with Crippen molar-refractivity contribution in [2.75, 3.05) is 31.8 Å². The van der Waals surface area contributed by atoms with Crippen molar-refractivity contribution >= 4 is 27.5 Å². The van der Waals surface area contributed by atoms with E-state index in [1.165, 1.54) is 62.4 Å². The molecule has 0 amide bonds. The molecule has 3 rings (SSSR count). The zero-order valence-electron chi connectivity index (χ0n) is 17.2.